The Morgan fingerprint density at radius 2 is 1.86 bits per heavy atom. The highest BCUT2D eigenvalue weighted by molar-refractivity contribution is 7.89. The standard InChI is InChI=1S/C25H25FN6O4S/c26-18-7-9-20(10-8-18)37(35,36)29-14-16-3-5-17(6-4-16)23-22-21(11-12-28-24(22)27)32(30-23)19-2-1-13-31(15-19)25(33)34/h3-12,19,29H,1-2,13-15H2,(H2,27,28)(H,33,34)/t19-/m1/s1. The summed E-state index contributed by atoms with van der Waals surface area (Å²) < 4.78 is 42.5. The number of carboxylic acid groups (broad SMARTS) is 1. The Morgan fingerprint density at radius 3 is 2.57 bits per heavy atom. The molecule has 4 aromatic rings. The Balaban J connectivity index is 1.41. The summed E-state index contributed by atoms with van der Waals surface area (Å²) in [7, 11) is -3.79. The van der Waals surface area contributed by atoms with E-state index < -0.39 is 21.9 Å². The number of amides is 1. The van der Waals surface area contributed by atoms with Crippen molar-refractivity contribution in [2.24, 2.45) is 0 Å². The van der Waals surface area contributed by atoms with Crippen LogP contribution in [0, 0.1) is 5.82 Å². The van der Waals surface area contributed by atoms with Crippen molar-refractivity contribution in [3.05, 3.63) is 72.2 Å². The molecule has 192 valence electrons. The van der Waals surface area contributed by atoms with Gasteiger partial charge in [-0.05, 0) is 48.7 Å². The molecule has 0 radical (unpaired) electrons. The van der Waals surface area contributed by atoms with Gasteiger partial charge in [0.2, 0.25) is 10.0 Å². The number of pyridine rings is 1. The van der Waals surface area contributed by atoms with E-state index in [1.165, 1.54) is 17.0 Å². The first kappa shape index (κ1) is 24.7. The second-order valence-corrected chi connectivity index (χ2v) is 10.7. The van der Waals surface area contributed by atoms with Gasteiger partial charge in [-0.2, -0.15) is 5.10 Å². The van der Waals surface area contributed by atoms with Crippen LogP contribution in [0.4, 0.5) is 15.0 Å². The minimum Gasteiger partial charge on any atom is -0.465 e. The number of nitrogens with zero attached hydrogens (tertiary/aromatic N) is 4. The largest absolute Gasteiger partial charge is 0.465 e. The van der Waals surface area contributed by atoms with Crippen molar-refractivity contribution in [1.29, 1.82) is 0 Å². The smallest absolute Gasteiger partial charge is 0.407 e. The van der Waals surface area contributed by atoms with E-state index in [9.17, 15) is 22.7 Å². The Labute approximate surface area is 212 Å². The summed E-state index contributed by atoms with van der Waals surface area (Å²) in [5, 5.41) is 15.0. The number of sulfonamides is 1. The molecular weight excluding hydrogens is 499 g/mol. The van der Waals surface area contributed by atoms with Crippen molar-refractivity contribution in [3.63, 3.8) is 0 Å². The van der Waals surface area contributed by atoms with Crippen molar-refractivity contribution < 1.29 is 22.7 Å². The lowest BCUT2D eigenvalue weighted by atomic mass is 10.1. The van der Waals surface area contributed by atoms with Gasteiger partial charge in [-0.25, -0.2) is 27.3 Å². The van der Waals surface area contributed by atoms with Crippen LogP contribution >= 0.6 is 0 Å². The topological polar surface area (TPSA) is 143 Å². The molecule has 1 amide bonds. The highest BCUT2D eigenvalue weighted by atomic mass is 32.2. The number of benzene rings is 2. The second kappa shape index (κ2) is 9.79. The van der Waals surface area contributed by atoms with Gasteiger partial charge in [0.05, 0.1) is 21.8 Å². The quantitative estimate of drug-likeness (QED) is 0.350. The molecule has 12 heteroatoms. The number of nitrogens with two attached hydrogens (primary N) is 1. The number of fused-ring (bicyclic) bond motifs is 1. The van der Waals surface area contributed by atoms with E-state index in [-0.39, 0.29) is 17.5 Å². The third-order valence-corrected chi connectivity index (χ3v) is 7.90. The van der Waals surface area contributed by atoms with Crippen LogP contribution in [-0.4, -0.2) is 52.4 Å². The first-order valence-corrected chi connectivity index (χ1v) is 13.2. The van der Waals surface area contributed by atoms with E-state index in [4.69, 9.17) is 10.8 Å². The van der Waals surface area contributed by atoms with Gasteiger partial charge in [-0.1, -0.05) is 24.3 Å². The van der Waals surface area contributed by atoms with Crippen molar-refractivity contribution in [2.75, 3.05) is 18.8 Å². The molecule has 37 heavy (non-hydrogen) atoms. The summed E-state index contributed by atoms with van der Waals surface area (Å²) in [4.78, 5) is 17.1. The SMILES string of the molecule is Nc1nccc2c1c(-c1ccc(CNS(=O)(=O)c3ccc(F)cc3)cc1)nn2[C@@H]1CCCN(C(=O)O)C1. The second-order valence-electron chi connectivity index (χ2n) is 8.88. The van der Waals surface area contributed by atoms with Gasteiger partial charge in [0.15, 0.2) is 0 Å². The highest BCUT2D eigenvalue weighted by Gasteiger charge is 2.28. The number of nitrogen functional groups attached to an aromatic ring is 1. The van der Waals surface area contributed by atoms with Crippen LogP contribution in [0.1, 0.15) is 24.4 Å². The maximum atomic E-state index is 13.1. The Bertz CT molecular complexity index is 1550. The first-order valence-electron chi connectivity index (χ1n) is 11.7. The molecule has 10 nitrogen and oxygen atoms in total. The minimum atomic E-state index is -3.79. The van der Waals surface area contributed by atoms with Gasteiger partial charge >= 0.3 is 6.09 Å². The molecule has 3 heterocycles. The maximum absolute atomic E-state index is 13.1. The Kier molecular flexibility index (Phi) is 6.52. The Morgan fingerprint density at radius 1 is 1.14 bits per heavy atom. The normalized spacial score (nSPS) is 16.2. The average Bonchev–Trinajstić information content (AvgIpc) is 3.29. The maximum Gasteiger partial charge on any atom is 0.407 e. The van der Waals surface area contributed by atoms with E-state index in [0.29, 0.717) is 35.6 Å². The van der Waals surface area contributed by atoms with Crippen molar-refractivity contribution in [1.82, 2.24) is 24.4 Å². The molecule has 0 aliphatic carbocycles. The molecule has 1 fully saturated rings. The van der Waals surface area contributed by atoms with E-state index in [1.807, 2.05) is 22.9 Å². The van der Waals surface area contributed by atoms with E-state index >= 15 is 0 Å². The van der Waals surface area contributed by atoms with E-state index in [0.717, 1.165) is 36.1 Å². The van der Waals surface area contributed by atoms with E-state index in [1.54, 1.807) is 18.3 Å². The van der Waals surface area contributed by atoms with E-state index in [2.05, 4.69) is 9.71 Å². The zero-order valence-corrected chi connectivity index (χ0v) is 20.5. The monoisotopic (exact) mass is 524 g/mol. The molecule has 2 aromatic carbocycles. The van der Waals surface area contributed by atoms with Crippen LogP contribution in [0.15, 0.2) is 65.7 Å². The molecule has 2 aromatic heterocycles. The molecule has 1 atom stereocenters. The number of hydrogen-bond acceptors (Lipinski definition) is 6. The van der Waals surface area contributed by atoms with Crippen LogP contribution < -0.4 is 10.5 Å². The van der Waals surface area contributed by atoms with Gasteiger partial charge in [-0.15, -0.1) is 0 Å². The zero-order valence-electron chi connectivity index (χ0n) is 19.7. The summed E-state index contributed by atoms with van der Waals surface area (Å²) in [5.41, 5.74) is 9.10. The van der Waals surface area contributed by atoms with Gasteiger partial charge in [0, 0.05) is 31.4 Å². The average molecular weight is 525 g/mol. The number of halogens is 1. The summed E-state index contributed by atoms with van der Waals surface area (Å²) in [5.74, 6) is -0.191. The number of rotatable bonds is 6. The predicted octanol–water partition coefficient (Wildman–Crippen LogP) is 3.61. The lowest BCUT2D eigenvalue weighted by Gasteiger charge is -2.31. The lowest BCUT2D eigenvalue weighted by molar-refractivity contribution is 0.120. The first-order chi connectivity index (χ1) is 17.7. The zero-order chi connectivity index (χ0) is 26.2. The molecule has 0 spiro atoms. The van der Waals surface area contributed by atoms with Gasteiger partial charge < -0.3 is 15.7 Å². The molecule has 4 N–H and O–H groups in total. The number of anilines is 1. The number of carbonyl (C=O) groups is 1. The Hall–Kier alpha value is -4.03. The van der Waals surface area contributed by atoms with Gasteiger partial charge in [0.1, 0.15) is 17.3 Å². The molecular formula is C25H25FN6O4S. The van der Waals surface area contributed by atoms with Crippen LogP contribution in [0.5, 0.6) is 0 Å². The number of hydrogen-bond donors (Lipinski definition) is 3. The number of piperidine rings is 1. The molecule has 0 unspecified atom stereocenters. The number of nitrogens with one attached hydrogen (secondary N) is 1. The third-order valence-electron chi connectivity index (χ3n) is 6.48. The molecule has 0 bridgehead atoms. The summed E-state index contributed by atoms with van der Waals surface area (Å²) in [6.07, 6.45) is 2.17. The number of likely N-dealkylation sites (tertiary alicyclic amines) is 1. The summed E-state index contributed by atoms with van der Waals surface area (Å²) >= 11 is 0. The molecule has 1 saturated heterocycles. The van der Waals surface area contributed by atoms with Crippen molar-refractivity contribution in [3.8, 4) is 11.3 Å². The highest BCUT2D eigenvalue weighted by Crippen LogP contribution is 2.34. The summed E-state index contributed by atoms with van der Waals surface area (Å²) in [6, 6.07) is 13.5. The molecule has 5 rings (SSSR count). The van der Waals surface area contributed by atoms with Crippen molar-refractivity contribution in [2.45, 2.75) is 30.3 Å². The van der Waals surface area contributed by atoms with Gasteiger partial charge in [-0.3, -0.25) is 4.68 Å². The lowest BCUT2D eigenvalue weighted by Crippen LogP contribution is -2.40. The fraction of sp³-hybridized carbons (Fsp3) is 0.240. The predicted molar refractivity (Wildman–Crippen MR) is 136 cm³/mol. The summed E-state index contributed by atoms with van der Waals surface area (Å²) in [6.45, 7) is 0.876. The molecule has 1 aliphatic heterocycles. The van der Waals surface area contributed by atoms with Crippen LogP contribution in [0.3, 0.4) is 0 Å². The molecule has 0 saturated carbocycles. The van der Waals surface area contributed by atoms with Crippen molar-refractivity contribution >= 4 is 32.8 Å². The van der Waals surface area contributed by atoms with Crippen LogP contribution in [-0.2, 0) is 16.6 Å². The van der Waals surface area contributed by atoms with Crippen LogP contribution in [0.2, 0.25) is 0 Å². The fourth-order valence-corrected chi connectivity index (χ4v) is 5.59. The third kappa shape index (κ3) is 4.98. The van der Waals surface area contributed by atoms with Gasteiger partial charge in [0.25, 0.3) is 0 Å². The fourth-order valence-electron chi connectivity index (χ4n) is 4.58. The van der Waals surface area contributed by atoms with Crippen LogP contribution in [0.25, 0.3) is 22.2 Å². The minimum absolute atomic E-state index is 0.0188. The molecule has 1 aliphatic rings. The number of aromatic nitrogens is 3.